The smallest absolute Gasteiger partial charge is 0.337 e. The highest BCUT2D eigenvalue weighted by Crippen LogP contribution is 2.68. The van der Waals surface area contributed by atoms with E-state index in [0.29, 0.717) is 35.9 Å². The van der Waals surface area contributed by atoms with Crippen molar-refractivity contribution >= 4 is 34.7 Å². The lowest BCUT2D eigenvalue weighted by atomic mass is 9.44. The predicted octanol–water partition coefficient (Wildman–Crippen LogP) is 5.20. The number of aliphatic hydroxyl groups is 1. The summed E-state index contributed by atoms with van der Waals surface area (Å²) < 4.78 is 11.6. The lowest BCUT2D eigenvalue weighted by Gasteiger charge is -2.61. The van der Waals surface area contributed by atoms with E-state index in [1.807, 2.05) is 26.8 Å². The molecule has 0 radical (unpaired) electrons. The van der Waals surface area contributed by atoms with Crippen molar-refractivity contribution in [2.45, 2.75) is 105 Å². The van der Waals surface area contributed by atoms with E-state index < -0.39 is 35.0 Å². The molecule has 228 valence electrons. The van der Waals surface area contributed by atoms with Gasteiger partial charge in [0, 0.05) is 28.9 Å². The first kappa shape index (κ1) is 31.8. The number of Topliss-reactive ketones (excluding diaryl/α,β-unsaturated/α-hetero) is 1. The molecule has 0 amide bonds. The number of nitrogens with zero attached hydrogens (tertiary/aromatic N) is 1. The van der Waals surface area contributed by atoms with Crippen LogP contribution in [-0.4, -0.2) is 58.6 Å². The molecule has 0 aromatic carbocycles. The largest absolute Gasteiger partial charge is 0.462 e. The molecule has 8 nitrogen and oxygen atoms in total. The first-order valence-electron chi connectivity index (χ1n) is 15.1. The molecule has 9 heteroatoms. The van der Waals surface area contributed by atoms with Crippen LogP contribution < -0.4 is 5.32 Å². The van der Waals surface area contributed by atoms with Crippen LogP contribution in [0.5, 0.6) is 0 Å². The van der Waals surface area contributed by atoms with Crippen molar-refractivity contribution in [2.24, 2.45) is 39.0 Å². The number of esters is 2. The van der Waals surface area contributed by atoms with E-state index in [2.05, 4.69) is 37.7 Å². The van der Waals surface area contributed by atoms with Crippen LogP contribution in [0.2, 0.25) is 0 Å². The van der Waals surface area contributed by atoms with Crippen LogP contribution in [0.15, 0.2) is 28.9 Å². The highest BCUT2D eigenvalue weighted by atomic mass is 32.2. The van der Waals surface area contributed by atoms with E-state index in [9.17, 15) is 19.5 Å². The fourth-order valence-corrected chi connectivity index (χ4v) is 9.09. The van der Waals surface area contributed by atoms with Gasteiger partial charge in [0.25, 0.3) is 0 Å². The van der Waals surface area contributed by atoms with Gasteiger partial charge in [-0.2, -0.15) is 0 Å². The number of carbonyl (C=O) groups excluding carboxylic acids is 3. The fourth-order valence-electron chi connectivity index (χ4n) is 8.30. The maximum Gasteiger partial charge on any atom is 0.337 e. The van der Waals surface area contributed by atoms with E-state index in [-0.39, 0.29) is 40.7 Å². The first-order chi connectivity index (χ1) is 19.2. The van der Waals surface area contributed by atoms with E-state index >= 15 is 0 Å². The number of thioether (sulfide) groups is 1. The second-order valence-corrected chi connectivity index (χ2v) is 14.2. The van der Waals surface area contributed by atoms with Crippen molar-refractivity contribution in [3.05, 3.63) is 23.9 Å². The third kappa shape index (κ3) is 5.41. The van der Waals surface area contributed by atoms with E-state index in [1.165, 1.54) is 11.8 Å². The van der Waals surface area contributed by atoms with Crippen LogP contribution in [0, 0.1) is 34.0 Å². The van der Waals surface area contributed by atoms with Crippen molar-refractivity contribution in [3.63, 3.8) is 0 Å². The summed E-state index contributed by atoms with van der Waals surface area (Å²) in [7, 11) is 0. The van der Waals surface area contributed by atoms with Gasteiger partial charge in [0.05, 0.1) is 30.1 Å². The van der Waals surface area contributed by atoms with Crippen LogP contribution in [0.1, 0.15) is 87.0 Å². The van der Waals surface area contributed by atoms with Crippen molar-refractivity contribution in [1.82, 2.24) is 5.32 Å². The number of ether oxygens (including phenoxy) is 2. The number of amidine groups is 1. The Balaban J connectivity index is 1.55. The Kier molecular flexibility index (Phi) is 9.20. The summed E-state index contributed by atoms with van der Waals surface area (Å²) in [4.78, 5) is 44.1. The van der Waals surface area contributed by atoms with Gasteiger partial charge in [0.15, 0.2) is 5.17 Å². The summed E-state index contributed by atoms with van der Waals surface area (Å²) in [5, 5.41) is 15.4. The molecule has 0 saturated heterocycles. The molecule has 9 atom stereocenters. The summed E-state index contributed by atoms with van der Waals surface area (Å²) in [5.74, 6) is -0.664. The van der Waals surface area contributed by atoms with Gasteiger partial charge in [-0.3, -0.25) is 14.6 Å². The van der Waals surface area contributed by atoms with Crippen LogP contribution in [0.4, 0.5) is 0 Å². The molecule has 1 heterocycles. The number of nitrogens with one attached hydrogen (secondary N) is 1. The Morgan fingerprint density at radius 2 is 1.95 bits per heavy atom. The van der Waals surface area contributed by atoms with Crippen LogP contribution in [-0.2, 0) is 23.9 Å². The minimum Gasteiger partial charge on any atom is -0.462 e. The van der Waals surface area contributed by atoms with Crippen molar-refractivity contribution in [1.29, 1.82) is 0 Å². The maximum absolute atomic E-state index is 13.6. The SMILES string of the molecule is C=C[C@]1(C)C[C@@H](OC(=O)CSC2=NC(C)C(C(=O)OCCC)=C(C)N2)[C@]2(C)[C@H](C)CC[C@]3(CCC(=O)[C@H]32)[C@@H](C)[C@@H]1O. The minimum atomic E-state index is -0.697. The van der Waals surface area contributed by atoms with Gasteiger partial charge in [-0.15, -0.1) is 6.58 Å². The zero-order chi connectivity index (χ0) is 30.3. The molecule has 0 aromatic rings. The second kappa shape index (κ2) is 11.9. The molecule has 2 N–H and O–H groups in total. The molecule has 4 aliphatic rings. The number of hydrogen-bond donors (Lipinski definition) is 2. The molecule has 1 aliphatic heterocycles. The molecule has 3 fully saturated rings. The lowest BCUT2D eigenvalue weighted by molar-refractivity contribution is -0.205. The molecule has 4 rings (SSSR count). The minimum absolute atomic E-state index is 0.0237. The Hall–Kier alpha value is -2.13. The molecular formula is C32H48N2O6S. The Bertz CT molecular complexity index is 1150. The number of rotatable bonds is 7. The van der Waals surface area contributed by atoms with Gasteiger partial charge in [-0.25, -0.2) is 4.79 Å². The number of allylic oxidation sites excluding steroid dienone is 1. The zero-order valence-electron chi connectivity index (χ0n) is 25.7. The predicted molar refractivity (Wildman–Crippen MR) is 161 cm³/mol. The third-order valence-electron chi connectivity index (χ3n) is 11.0. The monoisotopic (exact) mass is 588 g/mol. The average molecular weight is 589 g/mol. The number of ketones is 1. The van der Waals surface area contributed by atoms with Gasteiger partial charge >= 0.3 is 11.9 Å². The molecule has 0 aromatic heterocycles. The van der Waals surface area contributed by atoms with E-state index in [4.69, 9.17) is 9.47 Å². The van der Waals surface area contributed by atoms with Crippen molar-refractivity contribution in [2.75, 3.05) is 12.4 Å². The highest BCUT2D eigenvalue weighted by molar-refractivity contribution is 8.14. The normalized spacial score (nSPS) is 40.5. The number of aliphatic imine (C=N–C) groups is 1. The van der Waals surface area contributed by atoms with Gasteiger partial charge < -0.3 is 19.9 Å². The average Bonchev–Trinajstić information content (AvgIpc) is 3.28. The summed E-state index contributed by atoms with van der Waals surface area (Å²) >= 11 is 1.23. The van der Waals surface area contributed by atoms with Crippen LogP contribution in [0.3, 0.4) is 0 Å². The van der Waals surface area contributed by atoms with Gasteiger partial charge in [0.1, 0.15) is 11.9 Å². The molecule has 3 aliphatic carbocycles. The summed E-state index contributed by atoms with van der Waals surface area (Å²) in [6, 6.07) is -0.398. The number of aliphatic hydroxyl groups excluding tert-OH is 1. The molecular weight excluding hydrogens is 540 g/mol. The Morgan fingerprint density at radius 3 is 2.59 bits per heavy atom. The topological polar surface area (TPSA) is 114 Å². The van der Waals surface area contributed by atoms with E-state index in [0.717, 1.165) is 25.7 Å². The zero-order valence-corrected chi connectivity index (χ0v) is 26.6. The highest BCUT2D eigenvalue weighted by Gasteiger charge is 2.68. The summed E-state index contributed by atoms with van der Waals surface area (Å²) in [6.45, 7) is 18.4. The quantitative estimate of drug-likeness (QED) is 0.308. The van der Waals surface area contributed by atoms with Gasteiger partial charge in [-0.1, -0.05) is 52.5 Å². The standard InChI is InChI=1S/C32H48N2O6S/c1-9-15-39-28(38)25-20(5)33-29(34-21(25)6)41-17-24(36)40-23-16-30(7,10-2)27(37)19(4)32-13-11-18(3)31(23,8)26(32)22(35)12-14-32/h10,18-20,23,26-27,37H,2,9,11-17H2,1,3-8H3,(H,33,34)/t18-,19+,20?,23-,26+,27+,30-,31+,32+/m1/s1. The number of carbonyl (C=O) groups is 3. The molecule has 3 saturated carbocycles. The maximum atomic E-state index is 13.6. The van der Waals surface area contributed by atoms with Gasteiger partial charge in [-0.05, 0) is 63.2 Å². The molecule has 1 unspecified atom stereocenters. The Morgan fingerprint density at radius 1 is 1.24 bits per heavy atom. The first-order valence-corrected chi connectivity index (χ1v) is 16.1. The van der Waals surface area contributed by atoms with Gasteiger partial charge in [0.2, 0.25) is 0 Å². The van der Waals surface area contributed by atoms with Crippen molar-refractivity contribution in [3.8, 4) is 0 Å². The van der Waals surface area contributed by atoms with Crippen LogP contribution in [0.25, 0.3) is 0 Å². The fraction of sp³-hybridized carbons (Fsp3) is 0.750. The lowest BCUT2D eigenvalue weighted by Crippen LogP contribution is -2.63. The third-order valence-corrected chi connectivity index (χ3v) is 11.8. The molecule has 0 spiro atoms. The van der Waals surface area contributed by atoms with Crippen molar-refractivity contribution < 1.29 is 29.0 Å². The molecule has 41 heavy (non-hydrogen) atoms. The Labute approximate surface area is 249 Å². The number of hydrogen-bond acceptors (Lipinski definition) is 9. The second-order valence-electron chi connectivity index (χ2n) is 13.3. The summed E-state index contributed by atoms with van der Waals surface area (Å²) in [5.41, 5.74) is -0.380. The molecule has 2 bridgehead atoms. The summed E-state index contributed by atoms with van der Waals surface area (Å²) in [6.07, 6.45) is 4.81. The van der Waals surface area contributed by atoms with E-state index in [1.54, 1.807) is 6.92 Å². The van der Waals surface area contributed by atoms with Crippen LogP contribution >= 0.6 is 11.8 Å².